The molecule has 0 bridgehead atoms. The van der Waals surface area contributed by atoms with Crippen LogP contribution in [-0.4, -0.2) is 29.8 Å². The van der Waals surface area contributed by atoms with E-state index >= 15 is 0 Å². The molecule has 10 heteroatoms. The van der Waals surface area contributed by atoms with Crippen molar-refractivity contribution >= 4 is 45.9 Å². The Labute approximate surface area is 179 Å². The van der Waals surface area contributed by atoms with Crippen molar-refractivity contribution in [2.45, 2.75) is 20.3 Å². The number of rotatable bonds is 9. The van der Waals surface area contributed by atoms with Crippen molar-refractivity contribution in [2.75, 3.05) is 29.2 Å². The molecule has 9 nitrogen and oxygen atoms in total. The minimum atomic E-state index is -0.585. The van der Waals surface area contributed by atoms with Gasteiger partial charge >= 0.3 is 0 Å². The van der Waals surface area contributed by atoms with Crippen molar-refractivity contribution in [2.24, 2.45) is 10.2 Å². The lowest BCUT2D eigenvalue weighted by atomic mass is 10.2. The molecule has 0 spiro atoms. The number of nitro groups is 1. The molecule has 2 aromatic carbocycles. The van der Waals surface area contributed by atoms with Gasteiger partial charge in [-0.05, 0) is 38.1 Å². The van der Waals surface area contributed by atoms with Gasteiger partial charge in [-0.1, -0.05) is 0 Å². The number of non-ortho nitro benzene ring substituents is 1. The van der Waals surface area contributed by atoms with Crippen LogP contribution in [0.1, 0.15) is 25.8 Å². The smallest absolute Gasteiger partial charge is 0.270 e. The molecule has 0 heterocycles. The van der Waals surface area contributed by atoms with Gasteiger partial charge in [0.15, 0.2) is 0 Å². The molecule has 0 aliphatic heterocycles. The SMILES string of the molecule is CCN(CC)c1ccc(N=Nc2ccc([N+](=O)[O-])cc2C#N)c(NC(=O)CCCl)c1. The van der Waals surface area contributed by atoms with Gasteiger partial charge in [-0.25, -0.2) is 0 Å². The van der Waals surface area contributed by atoms with Gasteiger partial charge in [0.2, 0.25) is 5.91 Å². The fraction of sp³-hybridized carbons (Fsp3) is 0.300. The van der Waals surface area contributed by atoms with Gasteiger partial charge in [-0.3, -0.25) is 14.9 Å². The fourth-order valence-corrected chi connectivity index (χ4v) is 2.89. The number of benzene rings is 2. The Morgan fingerprint density at radius 3 is 2.47 bits per heavy atom. The van der Waals surface area contributed by atoms with Gasteiger partial charge in [-0.15, -0.1) is 21.8 Å². The predicted octanol–water partition coefficient (Wildman–Crippen LogP) is 5.30. The molecule has 0 radical (unpaired) electrons. The predicted molar refractivity (Wildman–Crippen MR) is 116 cm³/mol. The average Bonchev–Trinajstić information content (AvgIpc) is 2.74. The van der Waals surface area contributed by atoms with E-state index in [9.17, 15) is 20.2 Å². The average molecular weight is 429 g/mol. The van der Waals surface area contributed by atoms with E-state index in [4.69, 9.17) is 11.6 Å². The molecule has 0 atom stereocenters. The lowest BCUT2D eigenvalue weighted by Crippen LogP contribution is -2.22. The molecule has 156 valence electrons. The number of anilines is 2. The molecular weight excluding hydrogens is 408 g/mol. The van der Waals surface area contributed by atoms with E-state index in [0.29, 0.717) is 11.4 Å². The Kier molecular flexibility index (Phi) is 8.26. The zero-order chi connectivity index (χ0) is 22.1. The van der Waals surface area contributed by atoms with Gasteiger partial charge in [0.05, 0.1) is 16.2 Å². The Bertz CT molecular complexity index is 999. The van der Waals surface area contributed by atoms with Gasteiger partial charge in [-0.2, -0.15) is 5.26 Å². The van der Waals surface area contributed by atoms with Gasteiger partial charge in [0.25, 0.3) is 5.69 Å². The van der Waals surface area contributed by atoms with Crippen molar-refractivity contribution in [1.29, 1.82) is 5.26 Å². The van der Waals surface area contributed by atoms with Crippen molar-refractivity contribution in [3.63, 3.8) is 0 Å². The highest BCUT2D eigenvalue weighted by Crippen LogP contribution is 2.33. The Balaban J connectivity index is 2.43. The van der Waals surface area contributed by atoms with Crippen molar-refractivity contribution in [3.8, 4) is 6.07 Å². The summed E-state index contributed by atoms with van der Waals surface area (Å²) in [5.41, 5.74) is 1.76. The van der Waals surface area contributed by atoms with E-state index in [1.807, 2.05) is 26.0 Å². The first-order valence-corrected chi connectivity index (χ1v) is 9.82. The standard InChI is InChI=1S/C20H21ClN6O3/c1-3-26(4-2)15-5-8-18(19(12-15)23-20(28)9-10-21)25-24-17-7-6-16(27(29)30)11-14(17)13-22/h5-8,11-12H,3-4,9-10H2,1-2H3,(H,23,28). The van der Waals surface area contributed by atoms with Crippen LogP contribution in [0.15, 0.2) is 46.6 Å². The van der Waals surface area contributed by atoms with Crippen LogP contribution in [0, 0.1) is 21.4 Å². The summed E-state index contributed by atoms with van der Waals surface area (Å²) in [4.78, 5) is 24.5. The summed E-state index contributed by atoms with van der Waals surface area (Å²) in [7, 11) is 0. The largest absolute Gasteiger partial charge is 0.372 e. The van der Waals surface area contributed by atoms with Crippen LogP contribution in [0.3, 0.4) is 0 Å². The number of amides is 1. The third-order valence-corrected chi connectivity index (χ3v) is 4.47. The molecule has 0 unspecified atom stereocenters. The lowest BCUT2D eigenvalue weighted by Gasteiger charge is -2.22. The molecular formula is C20H21ClN6O3. The Morgan fingerprint density at radius 1 is 1.20 bits per heavy atom. The molecule has 1 amide bonds. The van der Waals surface area contributed by atoms with E-state index in [1.54, 1.807) is 12.1 Å². The summed E-state index contributed by atoms with van der Waals surface area (Å²) in [6, 6.07) is 11.0. The maximum Gasteiger partial charge on any atom is 0.270 e. The quantitative estimate of drug-likeness (QED) is 0.251. The molecule has 0 saturated carbocycles. The van der Waals surface area contributed by atoms with Gasteiger partial charge < -0.3 is 10.2 Å². The third kappa shape index (κ3) is 5.75. The summed E-state index contributed by atoms with van der Waals surface area (Å²) >= 11 is 5.65. The number of nitriles is 1. The van der Waals surface area contributed by atoms with E-state index in [1.165, 1.54) is 12.1 Å². The van der Waals surface area contributed by atoms with Crippen LogP contribution < -0.4 is 10.2 Å². The lowest BCUT2D eigenvalue weighted by molar-refractivity contribution is -0.384. The van der Waals surface area contributed by atoms with E-state index in [-0.39, 0.29) is 35.1 Å². The molecule has 0 fully saturated rings. The summed E-state index contributed by atoms with van der Waals surface area (Å²) in [6.45, 7) is 5.64. The van der Waals surface area contributed by atoms with E-state index in [0.717, 1.165) is 24.8 Å². The topological polar surface area (TPSA) is 124 Å². The number of nitro benzene ring substituents is 1. The molecule has 2 aromatic rings. The number of hydrogen-bond donors (Lipinski definition) is 1. The number of azo groups is 1. The van der Waals surface area contributed by atoms with Crippen molar-refractivity contribution in [3.05, 3.63) is 52.1 Å². The monoisotopic (exact) mass is 428 g/mol. The molecule has 0 aliphatic rings. The second-order valence-corrected chi connectivity index (χ2v) is 6.51. The molecule has 0 saturated heterocycles. The van der Waals surface area contributed by atoms with Crippen LogP contribution in [-0.2, 0) is 4.79 Å². The Morgan fingerprint density at radius 2 is 1.87 bits per heavy atom. The zero-order valence-electron chi connectivity index (χ0n) is 16.6. The van der Waals surface area contributed by atoms with Gasteiger partial charge in [0, 0.05) is 43.2 Å². The zero-order valence-corrected chi connectivity index (χ0v) is 17.4. The maximum atomic E-state index is 12.1. The molecule has 1 N–H and O–H groups in total. The van der Waals surface area contributed by atoms with Crippen molar-refractivity contribution in [1.82, 2.24) is 0 Å². The minimum Gasteiger partial charge on any atom is -0.372 e. The number of carbonyl (C=O) groups is 1. The number of nitrogens with zero attached hydrogens (tertiary/aromatic N) is 5. The van der Waals surface area contributed by atoms with Crippen molar-refractivity contribution < 1.29 is 9.72 Å². The second-order valence-electron chi connectivity index (χ2n) is 6.13. The van der Waals surface area contributed by atoms with Crippen LogP contribution in [0.2, 0.25) is 0 Å². The molecule has 0 aromatic heterocycles. The molecule has 0 aliphatic carbocycles. The first-order chi connectivity index (χ1) is 14.4. The Hall–Kier alpha value is -3.51. The number of alkyl halides is 1. The maximum absolute atomic E-state index is 12.1. The van der Waals surface area contributed by atoms with E-state index in [2.05, 4.69) is 20.4 Å². The summed E-state index contributed by atoms with van der Waals surface area (Å²) in [5.74, 6) is -0.0709. The third-order valence-electron chi connectivity index (χ3n) is 4.28. The summed E-state index contributed by atoms with van der Waals surface area (Å²) in [6.07, 6.45) is 0.147. The second kappa shape index (κ2) is 10.9. The molecule has 2 rings (SSSR count). The van der Waals surface area contributed by atoms with Crippen LogP contribution >= 0.6 is 11.6 Å². The minimum absolute atomic E-state index is 0.0282. The number of carbonyl (C=O) groups excluding carboxylic acids is 1. The normalized spacial score (nSPS) is 10.6. The van der Waals surface area contributed by atoms with Crippen LogP contribution in [0.4, 0.5) is 28.4 Å². The summed E-state index contributed by atoms with van der Waals surface area (Å²) in [5, 5.41) is 31.2. The van der Waals surface area contributed by atoms with E-state index < -0.39 is 4.92 Å². The number of halogens is 1. The highest BCUT2D eigenvalue weighted by Gasteiger charge is 2.13. The van der Waals surface area contributed by atoms with Gasteiger partial charge in [0.1, 0.15) is 17.4 Å². The first kappa shape index (κ1) is 22.8. The number of hydrogen-bond acceptors (Lipinski definition) is 7. The summed E-state index contributed by atoms with van der Waals surface area (Å²) < 4.78 is 0. The molecule has 30 heavy (non-hydrogen) atoms. The van der Waals surface area contributed by atoms with Crippen LogP contribution in [0.25, 0.3) is 0 Å². The fourth-order valence-electron chi connectivity index (χ4n) is 2.72. The number of nitrogens with one attached hydrogen (secondary N) is 1. The van der Waals surface area contributed by atoms with Crippen LogP contribution in [0.5, 0.6) is 0 Å². The highest BCUT2D eigenvalue weighted by atomic mass is 35.5. The first-order valence-electron chi connectivity index (χ1n) is 9.28. The highest BCUT2D eigenvalue weighted by molar-refractivity contribution is 6.19.